The minimum atomic E-state index is -1.08. The predicted octanol–water partition coefficient (Wildman–Crippen LogP) is 1.63. The van der Waals surface area contributed by atoms with Crippen molar-refractivity contribution in [2.75, 3.05) is 13.1 Å². The molecule has 5 N–H and O–H groups in total. The van der Waals surface area contributed by atoms with Crippen LogP contribution in [-0.2, 0) is 6.54 Å². The van der Waals surface area contributed by atoms with Crippen LogP contribution in [0.3, 0.4) is 0 Å². The van der Waals surface area contributed by atoms with Gasteiger partial charge in [-0.25, -0.2) is 0 Å². The van der Waals surface area contributed by atoms with Crippen molar-refractivity contribution < 1.29 is 15.3 Å². The van der Waals surface area contributed by atoms with Gasteiger partial charge >= 0.3 is 0 Å². The number of nitrogens with zero attached hydrogens (tertiary/aromatic N) is 1. The number of nitrogens with two attached hydrogens (primary N) is 1. The van der Waals surface area contributed by atoms with E-state index in [1.807, 2.05) is 12.1 Å². The van der Waals surface area contributed by atoms with Gasteiger partial charge in [0.25, 0.3) is 0 Å². The highest BCUT2D eigenvalue weighted by molar-refractivity contribution is 5.82. The van der Waals surface area contributed by atoms with E-state index >= 15 is 0 Å². The number of hydrogen-bond acceptors (Lipinski definition) is 5. The molecular weight excluding hydrogens is 328 g/mol. The second kappa shape index (κ2) is 8.93. The number of aliphatic hydroxyl groups is 3. The number of fused-ring (bicyclic) bond motifs is 1. The fourth-order valence-electron chi connectivity index (χ4n) is 3.94. The summed E-state index contributed by atoms with van der Waals surface area (Å²) in [7, 11) is 0. The summed E-state index contributed by atoms with van der Waals surface area (Å²) >= 11 is 0. The molecule has 0 aliphatic carbocycles. The van der Waals surface area contributed by atoms with Gasteiger partial charge < -0.3 is 21.1 Å². The zero-order chi connectivity index (χ0) is 18.5. The van der Waals surface area contributed by atoms with Gasteiger partial charge in [0.05, 0.1) is 12.2 Å². The quantitative estimate of drug-likeness (QED) is 0.565. The van der Waals surface area contributed by atoms with E-state index in [4.69, 9.17) is 5.73 Å². The lowest BCUT2D eigenvalue weighted by molar-refractivity contribution is -0.140. The van der Waals surface area contributed by atoms with Gasteiger partial charge in [0.1, 0.15) is 6.10 Å². The molecule has 1 fully saturated rings. The van der Waals surface area contributed by atoms with Crippen molar-refractivity contribution in [1.29, 1.82) is 0 Å². The first kappa shape index (κ1) is 19.3. The minimum absolute atomic E-state index is 0.155. The number of likely N-dealkylation sites (tertiary alicyclic amines) is 1. The summed E-state index contributed by atoms with van der Waals surface area (Å²) < 4.78 is 0. The topological polar surface area (TPSA) is 90.0 Å². The van der Waals surface area contributed by atoms with Crippen molar-refractivity contribution in [1.82, 2.24) is 4.90 Å². The molecule has 2 aromatic carbocycles. The number of unbranched alkanes of at least 4 members (excludes halogenated alkanes) is 2. The molecule has 1 saturated heterocycles. The Hall–Kier alpha value is -1.50. The highest BCUT2D eigenvalue weighted by atomic mass is 16.4. The van der Waals surface area contributed by atoms with Crippen LogP contribution in [0.2, 0.25) is 0 Å². The van der Waals surface area contributed by atoms with Gasteiger partial charge in [0, 0.05) is 19.1 Å². The van der Waals surface area contributed by atoms with Crippen LogP contribution < -0.4 is 5.73 Å². The van der Waals surface area contributed by atoms with E-state index < -0.39 is 18.3 Å². The largest absolute Gasteiger partial charge is 0.389 e. The molecule has 0 amide bonds. The third kappa shape index (κ3) is 4.42. The van der Waals surface area contributed by atoms with Crippen LogP contribution in [0.4, 0.5) is 0 Å². The van der Waals surface area contributed by atoms with E-state index in [0.717, 1.165) is 31.2 Å². The van der Waals surface area contributed by atoms with Gasteiger partial charge in [-0.15, -0.1) is 0 Å². The van der Waals surface area contributed by atoms with Crippen LogP contribution in [0, 0.1) is 0 Å². The molecule has 0 radical (unpaired) electrons. The molecule has 5 heteroatoms. The smallest absolute Gasteiger partial charge is 0.108 e. The zero-order valence-corrected chi connectivity index (χ0v) is 15.2. The third-order valence-electron chi connectivity index (χ3n) is 5.43. The van der Waals surface area contributed by atoms with Crippen molar-refractivity contribution in [3.05, 3.63) is 48.0 Å². The number of hydrogen-bond donors (Lipinski definition) is 4. The van der Waals surface area contributed by atoms with Gasteiger partial charge in [0.2, 0.25) is 0 Å². The van der Waals surface area contributed by atoms with Crippen LogP contribution in [0.25, 0.3) is 10.8 Å². The molecule has 1 aliphatic heterocycles. The van der Waals surface area contributed by atoms with Gasteiger partial charge in [-0.1, -0.05) is 49.2 Å². The molecule has 2 aromatic rings. The molecular formula is C21H30N2O3. The fraction of sp³-hybridized carbons (Fsp3) is 0.524. The summed E-state index contributed by atoms with van der Waals surface area (Å²) in [5, 5.41) is 33.1. The van der Waals surface area contributed by atoms with Crippen LogP contribution >= 0.6 is 0 Å². The lowest BCUT2D eigenvalue weighted by Crippen LogP contribution is -2.60. The summed E-state index contributed by atoms with van der Waals surface area (Å²) in [6.07, 6.45) is 0.792. The van der Waals surface area contributed by atoms with Crippen molar-refractivity contribution in [3.8, 4) is 0 Å². The van der Waals surface area contributed by atoms with E-state index in [2.05, 4.69) is 35.2 Å². The first-order valence-electron chi connectivity index (χ1n) is 9.56. The lowest BCUT2D eigenvalue weighted by atomic mass is 9.89. The Bertz CT molecular complexity index is 708. The monoisotopic (exact) mass is 358 g/mol. The van der Waals surface area contributed by atoms with Gasteiger partial charge in [-0.2, -0.15) is 0 Å². The van der Waals surface area contributed by atoms with Crippen molar-refractivity contribution in [2.45, 2.75) is 56.6 Å². The van der Waals surface area contributed by atoms with Crippen LogP contribution in [-0.4, -0.2) is 57.7 Å². The molecule has 4 atom stereocenters. The number of β-amino-alcohol motifs (C(OH)–C–C–N with tert-alkyl or cyclic N) is 1. The Kier molecular flexibility index (Phi) is 6.62. The molecule has 1 heterocycles. The van der Waals surface area contributed by atoms with E-state index in [0.29, 0.717) is 19.6 Å². The standard InChI is InChI=1S/C21H30N2O3/c22-11-5-1-2-8-18-20(25)21(26)19(24)14-23(18)13-15-9-10-16-6-3-4-7-17(16)12-15/h3-4,6-7,9-10,12,18-21,24-26H,1-2,5,8,11,13-14,22H2/t18-,19+,20-,21-/m1/s1. The summed E-state index contributed by atoms with van der Waals surface area (Å²) in [5.74, 6) is 0. The normalized spacial score (nSPS) is 27.1. The van der Waals surface area contributed by atoms with Crippen molar-refractivity contribution in [2.24, 2.45) is 5.73 Å². The summed E-state index contributed by atoms with van der Waals surface area (Å²) in [6, 6.07) is 14.4. The molecule has 0 aromatic heterocycles. The van der Waals surface area contributed by atoms with E-state index in [1.165, 1.54) is 10.8 Å². The second-order valence-electron chi connectivity index (χ2n) is 7.36. The number of rotatable bonds is 7. The number of benzene rings is 2. The Morgan fingerprint density at radius 1 is 0.923 bits per heavy atom. The molecule has 26 heavy (non-hydrogen) atoms. The van der Waals surface area contributed by atoms with Gasteiger partial charge in [-0.3, -0.25) is 4.90 Å². The van der Waals surface area contributed by atoms with Gasteiger partial charge in [0.15, 0.2) is 0 Å². The molecule has 0 spiro atoms. The highest BCUT2D eigenvalue weighted by Gasteiger charge is 2.40. The Balaban J connectivity index is 1.74. The molecule has 1 aliphatic rings. The maximum absolute atomic E-state index is 10.5. The Morgan fingerprint density at radius 2 is 1.69 bits per heavy atom. The van der Waals surface area contributed by atoms with Crippen LogP contribution in [0.15, 0.2) is 42.5 Å². The SMILES string of the molecule is NCCCCC[C@@H]1[C@@H](O)[C@H](O)[C@@H](O)CN1Cc1ccc2ccccc2c1. The lowest BCUT2D eigenvalue weighted by Gasteiger charge is -2.44. The highest BCUT2D eigenvalue weighted by Crippen LogP contribution is 2.26. The van der Waals surface area contributed by atoms with Crippen LogP contribution in [0.1, 0.15) is 31.2 Å². The molecule has 142 valence electrons. The van der Waals surface area contributed by atoms with Crippen molar-refractivity contribution >= 4 is 10.8 Å². The third-order valence-corrected chi connectivity index (χ3v) is 5.43. The van der Waals surface area contributed by atoms with Crippen molar-refractivity contribution in [3.63, 3.8) is 0 Å². The molecule has 5 nitrogen and oxygen atoms in total. The average molecular weight is 358 g/mol. The van der Waals surface area contributed by atoms with E-state index in [-0.39, 0.29) is 6.04 Å². The van der Waals surface area contributed by atoms with Crippen LogP contribution in [0.5, 0.6) is 0 Å². The minimum Gasteiger partial charge on any atom is -0.389 e. The first-order valence-corrected chi connectivity index (χ1v) is 9.56. The maximum Gasteiger partial charge on any atom is 0.108 e. The number of aliphatic hydroxyl groups excluding tert-OH is 3. The zero-order valence-electron chi connectivity index (χ0n) is 15.2. The fourth-order valence-corrected chi connectivity index (χ4v) is 3.94. The summed E-state index contributed by atoms with van der Waals surface area (Å²) in [5.41, 5.74) is 6.70. The summed E-state index contributed by atoms with van der Waals surface area (Å²) in [4.78, 5) is 2.11. The second-order valence-corrected chi connectivity index (χ2v) is 7.36. The van der Waals surface area contributed by atoms with E-state index in [1.54, 1.807) is 0 Å². The maximum atomic E-state index is 10.5. The van der Waals surface area contributed by atoms with Gasteiger partial charge in [-0.05, 0) is 41.8 Å². The first-order chi connectivity index (χ1) is 12.6. The molecule has 3 rings (SSSR count). The molecule has 0 saturated carbocycles. The average Bonchev–Trinajstić information content (AvgIpc) is 2.65. The summed E-state index contributed by atoms with van der Waals surface area (Å²) in [6.45, 7) is 1.69. The molecule has 0 unspecified atom stereocenters. The predicted molar refractivity (Wildman–Crippen MR) is 104 cm³/mol. The molecule has 0 bridgehead atoms. The Morgan fingerprint density at radius 3 is 2.46 bits per heavy atom. The Labute approximate surface area is 155 Å². The van der Waals surface area contributed by atoms with E-state index in [9.17, 15) is 15.3 Å². The number of piperidine rings is 1.